The maximum atomic E-state index is 13.7. The summed E-state index contributed by atoms with van der Waals surface area (Å²) in [5, 5.41) is 4.33. The van der Waals surface area contributed by atoms with Gasteiger partial charge in [0.1, 0.15) is 11.3 Å². The smallest absolute Gasteiger partial charge is 0.347 e. The van der Waals surface area contributed by atoms with Gasteiger partial charge in [-0.1, -0.05) is 6.07 Å². The van der Waals surface area contributed by atoms with Gasteiger partial charge in [0.25, 0.3) is 0 Å². The number of fused-ring (bicyclic) bond motifs is 1. The van der Waals surface area contributed by atoms with Crippen molar-refractivity contribution in [3.63, 3.8) is 0 Å². The number of benzene rings is 1. The molecule has 3 aromatic rings. The first kappa shape index (κ1) is 14.2. The van der Waals surface area contributed by atoms with Crippen LogP contribution in [0, 0.1) is 5.82 Å². The molecule has 3 rings (SSSR count). The molecule has 2 aromatic heterocycles. The molecule has 0 aliphatic heterocycles. The second-order valence-corrected chi connectivity index (χ2v) is 5.10. The molecule has 0 unspecified atom stereocenters. The molecule has 0 N–H and O–H groups in total. The summed E-state index contributed by atoms with van der Waals surface area (Å²) in [6.07, 6.45) is 4.94. The van der Waals surface area contributed by atoms with Gasteiger partial charge in [0, 0.05) is 18.3 Å². The lowest BCUT2D eigenvalue weighted by Gasteiger charge is -2.07. The Hall–Kier alpha value is -2.76. The predicted molar refractivity (Wildman–Crippen MR) is 81.8 cm³/mol. The van der Waals surface area contributed by atoms with Crippen LogP contribution in [0.15, 0.2) is 39.7 Å². The Labute approximate surface area is 125 Å². The fourth-order valence-corrected chi connectivity index (χ4v) is 2.19. The van der Waals surface area contributed by atoms with Gasteiger partial charge in [-0.15, -0.1) is 0 Å². The lowest BCUT2D eigenvalue weighted by Crippen LogP contribution is -2.05. The summed E-state index contributed by atoms with van der Waals surface area (Å²) in [5.74, 6) is -0.494. The highest BCUT2D eigenvalue weighted by Crippen LogP contribution is 2.15. The van der Waals surface area contributed by atoms with E-state index in [4.69, 9.17) is 4.42 Å². The lowest BCUT2D eigenvalue weighted by atomic mass is 10.2. The van der Waals surface area contributed by atoms with Crippen molar-refractivity contribution in [2.45, 2.75) is 19.9 Å². The van der Waals surface area contributed by atoms with Crippen LogP contribution in [0.3, 0.4) is 0 Å². The monoisotopic (exact) mass is 299 g/mol. The van der Waals surface area contributed by atoms with E-state index in [0.29, 0.717) is 0 Å². The van der Waals surface area contributed by atoms with Gasteiger partial charge in [-0.3, -0.25) is 4.68 Å². The quantitative estimate of drug-likeness (QED) is 0.744. The van der Waals surface area contributed by atoms with Crippen LogP contribution in [0.1, 0.15) is 31.5 Å². The Morgan fingerprint density at radius 3 is 2.86 bits per heavy atom. The van der Waals surface area contributed by atoms with Crippen molar-refractivity contribution >= 4 is 23.1 Å². The second kappa shape index (κ2) is 5.55. The van der Waals surface area contributed by atoms with Crippen LogP contribution in [0.5, 0.6) is 0 Å². The number of nitrogens with zero attached hydrogens (tertiary/aromatic N) is 3. The fourth-order valence-electron chi connectivity index (χ4n) is 2.19. The normalized spacial score (nSPS) is 11.8. The molecule has 0 atom stereocenters. The lowest BCUT2D eigenvalue weighted by molar-refractivity contribution is 0.488. The van der Waals surface area contributed by atoms with Crippen LogP contribution in [-0.4, -0.2) is 14.8 Å². The minimum absolute atomic E-state index is 0.00997. The minimum atomic E-state index is -0.610. The van der Waals surface area contributed by atoms with Crippen molar-refractivity contribution in [3.05, 3.63) is 58.3 Å². The summed E-state index contributed by atoms with van der Waals surface area (Å²) in [5.41, 5.74) is 0.241. The third kappa shape index (κ3) is 2.55. The van der Waals surface area contributed by atoms with E-state index in [1.54, 1.807) is 12.3 Å². The summed E-state index contributed by atoms with van der Waals surface area (Å²) >= 11 is 0. The zero-order valence-corrected chi connectivity index (χ0v) is 12.2. The molecule has 112 valence electrons. The van der Waals surface area contributed by atoms with Crippen LogP contribution >= 0.6 is 0 Å². The van der Waals surface area contributed by atoms with Gasteiger partial charge in [-0.2, -0.15) is 5.10 Å². The Morgan fingerprint density at radius 2 is 2.09 bits per heavy atom. The molecule has 0 amide bonds. The first-order valence-electron chi connectivity index (χ1n) is 6.87. The van der Waals surface area contributed by atoms with Gasteiger partial charge in [-0.25, -0.2) is 14.2 Å². The van der Waals surface area contributed by atoms with Crippen molar-refractivity contribution in [3.8, 4) is 0 Å². The molecule has 5 nitrogen and oxygen atoms in total. The molecule has 2 heterocycles. The number of aromatic nitrogens is 3. The Bertz CT molecular complexity index is 909. The Kier molecular flexibility index (Phi) is 3.58. The summed E-state index contributed by atoms with van der Waals surface area (Å²) in [4.78, 5) is 15.9. The van der Waals surface area contributed by atoms with E-state index in [1.165, 1.54) is 24.3 Å². The van der Waals surface area contributed by atoms with E-state index in [2.05, 4.69) is 10.1 Å². The topological polar surface area (TPSA) is 60.9 Å². The molecule has 0 saturated heterocycles. The van der Waals surface area contributed by atoms with Crippen molar-refractivity contribution in [1.29, 1.82) is 0 Å². The number of rotatable bonds is 3. The Morgan fingerprint density at radius 1 is 1.27 bits per heavy atom. The molecule has 1 aromatic carbocycles. The van der Waals surface area contributed by atoms with E-state index >= 15 is 0 Å². The first-order chi connectivity index (χ1) is 10.6. The molecule has 6 heteroatoms. The maximum Gasteiger partial charge on any atom is 0.347 e. The van der Waals surface area contributed by atoms with Crippen LogP contribution in [0.25, 0.3) is 23.1 Å². The summed E-state index contributed by atoms with van der Waals surface area (Å²) < 4.78 is 20.7. The number of hydrogen-bond donors (Lipinski definition) is 0. The highest BCUT2D eigenvalue weighted by molar-refractivity contribution is 5.78. The van der Waals surface area contributed by atoms with Gasteiger partial charge in [0.05, 0.1) is 11.1 Å². The molecule has 22 heavy (non-hydrogen) atoms. The fraction of sp³-hybridized carbons (Fsp3) is 0.188. The van der Waals surface area contributed by atoms with Gasteiger partial charge >= 0.3 is 5.63 Å². The van der Waals surface area contributed by atoms with Crippen molar-refractivity contribution in [2.75, 3.05) is 0 Å². The van der Waals surface area contributed by atoms with Crippen LogP contribution in [0.4, 0.5) is 4.39 Å². The van der Waals surface area contributed by atoms with E-state index in [9.17, 15) is 9.18 Å². The summed E-state index contributed by atoms with van der Waals surface area (Å²) in [7, 11) is 0. The van der Waals surface area contributed by atoms with Gasteiger partial charge in [0.2, 0.25) is 5.89 Å². The van der Waals surface area contributed by atoms with E-state index in [1.807, 2.05) is 24.6 Å². The standard InChI is InChI=1S/C16H14FN3O2/c1-10(2)20-11(8-9-18-20)6-7-14-19-15-12(16(21)22-14)4-3-5-13(15)17/h3-10H,1-2H3. The van der Waals surface area contributed by atoms with Crippen LogP contribution in [-0.2, 0) is 0 Å². The van der Waals surface area contributed by atoms with Gasteiger partial charge < -0.3 is 4.42 Å². The molecule has 0 aliphatic rings. The number of hydrogen-bond acceptors (Lipinski definition) is 4. The van der Waals surface area contributed by atoms with Crippen LogP contribution < -0.4 is 5.63 Å². The van der Waals surface area contributed by atoms with E-state index in [0.717, 1.165) is 5.69 Å². The highest BCUT2D eigenvalue weighted by Gasteiger charge is 2.09. The third-order valence-electron chi connectivity index (χ3n) is 3.21. The first-order valence-corrected chi connectivity index (χ1v) is 6.87. The molecule has 0 spiro atoms. The molecular formula is C16H14FN3O2. The van der Waals surface area contributed by atoms with E-state index < -0.39 is 11.4 Å². The highest BCUT2D eigenvalue weighted by atomic mass is 19.1. The average Bonchev–Trinajstić information content (AvgIpc) is 2.95. The van der Waals surface area contributed by atoms with Crippen LogP contribution in [0.2, 0.25) is 0 Å². The molecule has 0 radical (unpaired) electrons. The average molecular weight is 299 g/mol. The van der Waals surface area contributed by atoms with Gasteiger partial charge in [0.15, 0.2) is 0 Å². The minimum Gasteiger partial charge on any atom is -0.404 e. The molecule has 0 fully saturated rings. The maximum absolute atomic E-state index is 13.7. The van der Waals surface area contributed by atoms with E-state index in [-0.39, 0.29) is 22.8 Å². The molecule has 0 aliphatic carbocycles. The molecule has 0 bridgehead atoms. The zero-order chi connectivity index (χ0) is 15.7. The van der Waals surface area contributed by atoms with Crippen molar-refractivity contribution in [1.82, 2.24) is 14.8 Å². The number of para-hydroxylation sites is 1. The van der Waals surface area contributed by atoms with Gasteiger partial charge in [-0.05, 0) is 38.1 Å². The number of halogens is 1. The zero-order valence-electron chi connectivity index (χ0n) is 12.2. The molecular weight excluding hydrogens is 285 g/mol. The molecule has 0 saturated carbocycles. The summed E-state index contributed by atoms with van der Waals surface area (Å²) in [6, 6.07) is 6.22. The second-order valence-electron chi connectivity index (χ2n) is 5.10. The largest absolute Gasteiger partial charge is 0.404 e. The predicted octanol–water partition coefficient (Wildman–Crippen LogP) is 3.27. The van der Waals surface area contributed by atoms with Crippen molar-refractivity contribution in [2.24, 2.45) is 0 Å². The van der Waals surface area contributed by atoms with Crippen molar-refractivity contribution < 1.29 is 8.81 Å². The summed E-state index contributed by atoms with van der Waals surface area (Å²) in [6.45, 7) is 4.02. The third-order valence-corrected chi connectivity index (χ3v) is 3.21. The SMILES string of the molecule is CC(C)n1nccc1C=Cc1nc2c(F)cccc2c(=O)o1. The Balaban J connectivity index is 2.04.